The maximum absolute atomic E-state index is 11.9. The van der Waals surface area contributed by atoms with Gasteiger partial charge in [0.2, 0.25) is 5.91 Å². The molecule has 3 aromatic rings. The number of rotatable bonds is 6. The standard InChI is InChI=1S/C17H20N4O/c1-13-10-15-4-2-3-5-16(15)21(13)9-8-18-17(22)7-6-14-11-19-20-12-14/h2-5,10-12H,6-9H2,1H3,(H,18,22)(H,19,20). The molecular weight excluding hydrogens is 276 g/mol. The second-order valence-corrected chi connectivity index (χ2v) is 5.45. The molecule has 0 spiro atoms. The van der Waals surface area contributed by atoms with E-state index in [4.69, 9.17) is 0 Å². The smallest absolute Gasteiger partial charge is 0.220 e. The molecule has 1 aromatic carbocycles. The Hall–Kier alpha value is -2.56. The van der Waals surface area contributed by atoms with E-state index in [2.05, 4.69) is 45.2 Å². The molecular formula is C17H20N4O. The van der Waals surface area contributed by atoms with Crippen LogP contribution in [-0.4, -0.2) is 27.2 Å². The number of hydrogen-bond donors (Lipinski definition) is 2. The Balaban J connectivity index is 1.51. The Bertz CT molecular complexity index is 758. The van der Waals surface area contributed by atoms with Crippen LogP contribution >= 0.6 is 0 Å². The Morgan fingerprint density at radius 3 is 3.05 bits per heavy atom. The highest BCUT2D eigenvalue weighted by molar-refractivity contribution is 5.81. The Labute approximate surface area is 129 Å². The number of aryl methyl sites for hydroxylation is 2. The van der Waals surface area contributed by atoms with Gasteiger partial charge in [0.15, 0.2) is 0 Å². The third-order valence-corrected chi connectivity index (χ3v) is 3.87. The van der Waals surface area contributed by atoms with Gasteiger partial charge in [-0.15, -0.1) is 0 Å². The van der Waals surface area contributed by atoms with Gasteiger partial charge >= 0.3 is 0 Å². The average molecular weight is 296 g/mol. The van der Waals surface area contributed by atoms with E-state index in [0.717, 1.165) is 12.1 Å². The van der Waals surface area contributed by atoms with Crippen LogP contribution in [0, 0.1) is 6.92 Å². The maximum atomic E-state index is 11.9. The number of aromatic nitrogens is 3. The molecule has 0 unspecified atom stereocenters. The summed E-state index contributed by atoms with van der Waals surface area (Å²) in [7, 11) is 0. The lowest BCUT2D eigenvalue weighted by Gasteiger charge is -2.09. The predicted octanol–water partition coefficient (Wildman–Crippen LogP) is 2.42. The molecule has 0 saturated heterocycles. The fourth-order valence-corrected chi connectivity index (χ4v) is 2.71. The fourth-order valence-electron chi connectivity index (χ4n) is 2.71. The van der Waals surface area contributed by atoms with Crippen LogP contribution in [0.25, 0.3) is 10.9 Å². The van der Waals surface area contributed by atoms with Crippen molar-refractivity contribution >= 4 is 16.8 Å². The van der Waals surface area contributed by atoms with Crippen molar-refractivity contribution < 1.29 is 4.79 Å². The number of fused-ring (bicyclic) bond motifs is 1. The zero-order chi connectivity index (χ0) is 15.4. The molecule has 2 N–H and O–H groups in total. The van der Waals surface area contributed by atoms with Gasteiger partial charge in [-0.1, -0.05) is 18.2 Å². The summed E-state index contributed by atoms with van der Waals surface area (Å²) in [5.74, 6) is 0.0790. The minimum atomic E-state index is 0.0790. The van der Waals surface area contributed by atoms with Crippen LogP contribution in [0.4, 0.5) is 0 Å². The third kappa shape index (κ3) is 3.19. The van der Waals surface area contributed by atoms with E-state index >= 15 is 0 Å². The number of H-pyrrole nitrogens is 1. The largest absolute Gasteiger partial charge is 0.354 e. The van der Waals surface area contributed by atoms with E-state index in [1.807, 2.05) is 18.3 Å². The molecule has 114 valence electrons. The van der Waals surface area contributed by atoms with Gasteiger partial charge in [-0.2, -0.15) is 5.10 Å². The van der Waals surface area contributed by atoms with Gasteiger partial charge in [0.25, 0.3) is 0 Å². The minimum Gasteiger partial charge on any atom is -0.354 e. The number of amides is 1. The van der Waals surface area contributed by atoms with Gasteiger partial charge < -0.3 is 9.88 Å². The Morgan fingerprint density at radius 2 is 2.23 bits per heavy atom. The zero-order valence-electron chi connectivity index (χ0n) is 12.7. The number of carbonyl (C=O) groups is 1. The van der Waals surface area contributed by atoms with Gasteiger partial charge in [0, 0.05) is 36.9 Å². The average Bonchev–Trinajstić information content (AvgIpc) is 3.13. The van der Waals surface area contributed by atoms with Gasteiger partial charge in [-0.3, -0.25) is 9.89 Å². The van der Waals surface area contributed by atoms with Crippen molar-refractivity contribution in [1.82, 2.24) is 20.1 Å². The lowest BCUT2D eigenvalue weighted by molar-refractivity contribution is -0.121. The Morgan fingerprint density at radius 1 is 1.36 bits per heavy atom. The molecule has 0 fully saturated rings. The maximum Gasteiger partial charge on any atom is 0.220 e. The van der Waals surface area contributed by atoms with E-state index in [0.29, 0.717) is 19.4 Å². The third-order valence-electron chi connectivity index (χ3n) is 3.87. The lowest BCUT2D eigenvalue weighted by Crippen LogP contribution is -2.27. The molecule has 0 aliphatic heterocycles. The molecule has 0 bridgehead atoms. The minimum absolute atomic E-state index is 0.0790. The van der Waals surface area contributed by atoms with Crippen LogP contribution in [0.1, 0.15) is 17.7 Å². The van der Waals surface area contributed by atoms with Gasteiger partial charge in [0.05, 0.1) is 6.20 Å². The van der Waals surface area contributed by atoms with Gasteiger partial charge in [-0.05, 0) is 36.4 Å². The summed E-state index contributed by atoms with van der Waals surface area (Å²) in [4.78, 5) is 11.9. The first-order valence-electron chi connectivity index (χ1n) is 7.53. The number of nitrogens with one attached hydrogen (secondary N) is 2. The van der Waals surface area contributed by atoms with E-state index in [-0.39, 0.29) is 5.91 Å². The summed E-state index contributed by atoms with van der Waals surface area (Å²) in [5, 5.41) is 10.9. The Kier molecular flexibility index (Phi) is 4.23. The van der Waals surface area contributed by atoms with Crippen molar-refractivity contribution in [2.45, 2.75) is 26.3 Å². The van der Waals surface area contributed by atoms with Gasteiger partial charge in [0.1, 0.15) is 0 Å². The number of nitrogens with zero attached hydrogens (tertiary/aromatic N) is 2. The molecule has 0 saturated carbocycles. The van der Waals surface area contributed by atoms with E-state index in [1.165, 1.54) is 16.6 Å². The number of hydrogen-bond acceptors (Lipinski definition) is 2. The summed E-state index contributed by atoms with van der Waals surface area (Å²) in [6, 6.07) is 10.5. The van der Waals surface area contributed by atoms with Crippen molar-refractivity contribution in [3.05, 3.63) is 54.0 Å². The highest BCUT2D eigenvalue weighted by Crippen LogP contribution is 2.18. The van der Waals surface area contributed by atoms with Crippen LogP contribution in [0.5, 0.6) is 0 Å². The van der Waals surface area contributed by atoms with Crippen molar-refractivity contribution in [2.24, 2.45) is 0 Å². The molecule has 0 aliphatic rings. The fraction of sp³-hybridized carbons (Fsp3) is 0.294. The summed E-state index contributed by atoms with van der Waals surface area (Å²) in [5.41, 5.74) is 3.49. The predicted molar refractivity (Wildman–Crippen MR) is 86.6 cm³/mol. The number of aromatic amines is 1. The van der Waals surface area contributed by atoms with Crippen LogP contribution in [-0.2, 0) is 17.8 Å². The topological polar surface area (TPSA) is 62.7 Å². The number of carbonyl (C=O) groups excluding carboxylic acids is 1. The molecule has 1 amide bonds. The van der Waals surface area contributed by atoms with Gasteiger partial charge in [-0.25, -0.2) is 0 Å². The van der Waals surface area contributed by atoms with Crippen LogP contribution < -0.4 is 5.32 Å². The van der Waals surface area contributed by atoms with E-state index < -0.39 is 0 Å². The molecule has 2 aromatic heterocycles. The summed E-state index contributed by atoms with van der Waals surface area (Å²) in [6.07, 6.45) is 4.78. The highest BCUT2D eigenvalue weighted by Gasteiger charge is 2.06. The van der Waals surface area contributed by atoms with Crippen molar-refractivity contribution in [2.75, 3.05) is 6.54 Å². The molecule has 0 radical (unpaired) electrons. The number of benzene rings is 1. The van der Waals surface area contributed by atoms with Crippen LogP contribution in [0.2, 0.25) is 0 Å². The second-order valence-electron chi connectivity index (χ2n) is 5.45. The summed E-state index contributed by atoms with van der Waals surface area (Å²) in [6.45, 7) is 3.53. The van der Waals surface area contributed by atoms with Crippen molar-refractivity contribution in [3.63, 3.8) is 0 Å². The van der Waals surface area contributed by atoms with Crippen molar-refractivity contribution in [3.8, 4) is 0 Å². The monoisotopic (exact) mass is 296 g/mol. The molecule has 3 rings (SSSR count). The highest BCUT2D eigenvalue weighted by atomic mass is 16.1. The zero-order valence-corrected chi connectivity index (χ0v) is 12.7. The second kappa shape index (κ2) is 6.47. The molecule has 22 heavy (non-hydrogen) atoms. The first-order valence-corrected chi connectivity index (χ1v) is 7.53. The first-order chi connectivity index (χ1) is 10.7. The SMILES string of the molecule is Cc1cc2ccccc2n1CCNC(=O)CCc1cn[nH]c1. The molecule has 5 heteroatoms. The summed E-state index contributed by atoms with van der Waals surface area (Å²) >= 11 is 0. The first kappa shape index (κ1) is 14.4. The normalized spacial score (nSPS) is 11.0. The number of para-hydroxylation sites is 1. The molecule has 0 atom stereocenters. The molecule has 0 aliphatic carbocycles. The lowest BCUT2D eigenvalue weighted by atomic mass is 10.2. The quantitative estimate of drug-likeness (QED) is 0.734. The summed E-state index contributed by atoms with van der Waals surface area (Å²) < 4.78 is 2.24. The van der Waals surface area contributed by atoms with Crippen LogP contribution in [0.15, 0.2) is 42.7 Å². The van der Waals surface area contributed by atoms with E-state index in [9.17, 15) is 4.79 Å². The molecule has 5 nitrogen and oxygen atoms in total. The van der Waals surface area contributed by atoms with E-state index in [1.54, 1.807) is 6.20 Å². The molecule has 2 heterocycles. The van der Waals surface area contributed by atoms with Crippen LogP contribution in [0.3, 0.4) is 0 Å². The van der Waals surface area contributed by atoms with Crippen molar-refractivity contribution in [1.29, 1.82) is 0 Å².